The van der Waals surface area contributed by atoms with Gasteiger partial charge in [0.05, 0.1) is 12.1 Å². The first kappa shape index (κ1) is 11.8. The SMILES string of the molecule is CC1=N[C@@H](C)C(C)=C2C[C@H](NC(=O)C3CC3)CN12. The van der Waals surface area contributed by atoms with Crippen molar-refractivity contribution < 1.29 is 4.79 Å². The molecule has 0 aromatic carbocycles. The summed E-state index contributed by atoms with van der Waals surface area (Å²) in [6.07, 6.45) is 3.10. The maximum atomic E-state index is 11.8. The lowest BCUT2D eigenvalue weighted by Crippen LogP contribution is -2.39. The molecule has 1 amide bonds. The Hall–Kier alpha value is -1.32. The molecule has 2 heterocycles. The van der Waals surface area contributed by atoms with E-state index >= 15 is 0 Å². The van der Waals surface area contributed by atoms with Crippen LogP contribution in [0.4, 0.5) is 0 Å². The number of carbonyl (C=O) groups excluding carboxylic acids is 1. The fraction of sp³-hybridized carbons (Fsp3) is 0.714. The molecule has 0 aromatic heterocycles. The van der Waals surface area contributed by atoms with Gasteiger partial charge < -0.3 is 10.2 Å². The maximum Gasteiger partial charge on any atom is 0.223 e. The van der Waals surface area contributed by atoms with Crippen molar-refractivity contribution in [3.63, 3.8) is 0 Å². The predicted molar refractivity (Wildman–Crippen MR) is 71.2 cm³/mol. The molecule has 18 heavy (non-hydrogen) atoms. The number of amides is 1. The molecule has 2 aliphatic heterocycles. The Bertz CT molecular complexity index is 448. The zero-order valence-electron chi connectivity index (χ0n) is 11.4. The molecular formula is C14H21N3O. The quantitative estimate of drug-likeness (QED) is 0.807. The number of hydrogen-bond donors (Lipinski definition) is 1. The van der Waals surface area contributed by atoms with Crippen LogP contribution in [0.5, 0.6) is 0 Å². The lowest BCUT2D eigenvalue weighted by Gasteiger charge is -2.28. The molecule has 1 saturated carbocycles. The van der Waals surface area contributed by atoms with Gasteiger partial charge in [0.1, 0.15) is 5.84 Å². The van der Waals surface area contributed by atoms with Crippen molar-refractivity contribution in [3.8, 4) is 0 Å². The Morgan fingerprint density at radius 3 is 2.78 bits per heavy atom. The minimum absolute atomic E-state index is 0.251. The molecule has 1 N–H and O–H groups in total. The van der Waals surface area contributed by atoms with Gasteiger partial charge in [-0.25, -0.2) is 0 Å². The van der Waals surface area contributed by atoms with Crippen LogP contribution >= 0.6 is 0 Å². The lowest BCUT2D eigenvalue weighted by molar-refractivity contribution is -0.122. The molecule has 0 radical (unpaired) electrons. The molecule has 0 aromatic rings. The number of nitrogens with zero attached hydrogens (tertiary/aromatic N) is 2. The molecular weight excluding hydrogens is 226 g/mol. The third-order valence-corrected chi connectivity index (χ3v) is 4.32. The van der Waals surface area contributed by atoms with E-state index in [1.807, 2.05) is 0 Å². The third kappa shape index (κ3) is 1.93. The molecule has 2 fully saturated rings. The summed E-state index contributed by atoms with van der Waals surface area (Å²) in [5, 5.41) is 3.18. The number of hydrogen-bond acceptors (Lipinski definition) is 3. The van der Waals surface area contributed by atoms with Crippen LogP contribution in [0.25, 0.3) is 0 Å². The van der Waals surface area contributed by atoms with Crippen molar-refractivity contribution in [2.75, 3.05) is 6.54 Å². The minimum Gasteiger partial charge on any atom is -0.351 e. The highest BCUT2D eigenvalue weighted by Gasteiger charge is 2.36. The van der Waals surface area contributed by atoms with Gasteiger partial charge in [-0.1, -0.05) is 0 Å². The van der Waals surface area contributed by atoms with Gasteiger partial charge in [0.2, 0.25) is 5.91 Å². The number of rotatable bonds is 2. The number of aliphatic imine (C=N–C) groups is 1. The fourth-order valence-corrected chi connectivity index (χ4v) is 2.89. The second kappa shape index (κ2) is 4.11. The van der Waals surface area contributed by atoms with Crippen molar-refractivity contribution in [2.45, 2.75) is 52.1 Å². The first-order valence-electron chi connectivity index (χ1n) is 6.88. The van der Waals surface area contributed by atoms with Crippen molar-refractivity contribution in [3.05, 3.63) is 11.3 Å². The highest BCUT2D eigenvalue weighted by Crippen LogP contribution is 2.33. The smallest absolute Gasteiger partial charge is 0.223 e. The topological polar surface area (TPSA) is 44.7 Å². The van der Waals surface area contributed by atoms with E-state index in [9.17, 15) is 4.79 Å². The number of nitrogens with one attached hydrogen (secondary N) is 1. The van der Waals surface area contributed by atoms with E-state index in [0.29, 0.717) is 5.92 Å². The van der Waals surface area contributed by atoms with Crippen LogP contribution in [0, 0.1) is 5.92 Å². The van der Waals surface area contributed by atoms with Gasteiger partial charge in [-0.15, -0.1) is 0 Å². The highest BCUT2D eigenvalue weighted by atomic mass is 16.2. The number of carbonyl (C=O) groups is 1. The van der Waals surface area contributed by atoms with E-state index in [1.165, 1.54) is 11.3 Å². The van der Waals surface area contributed by atoms with Crippen molar-refractivity contribution in [2.24, 2.45) is 10.9 Å². The van der Waals surface area contributed by atoms with Gasteiger partial charge in [-0.3, -0.25) is 9.79 Å². The van der Waals surface area contributed by atoms with Crippen LogP contribution in [0.3, 0.4) is 0 Å². The fourth-order valence-electron chi connectivity index (χ4n) is 2.89. The Morgan fingerprint density at radius 2 is 2.11 bits per heavy atom. The van der Waals surface area contributed by atoms with Crippen LogP contribution in [-0.4, -0.2) is 35.3 Å². The summed E-state index contributed by atoms with van der Waals surface area (Å²) in [4.78, 5) is 18.7. The third-order valence-electron chi connectivity index (χ3n) is 4.32. The first-order chi connectivity index (χ1) is 8.56. The van der Waals surface area contributed by atoms with Gasteiger partial charge in [-0.05, 0) is 39.2 Å². The molecule has 1 saturated heterocycles. The molecule has 4 nitrogen and oxygen atoms in total. The second-order valence-electron chi connectivity index (χ2n) is 5.78. The average molecular weight is 247 g/mol. The van der Waals surface area contributed by atoms with E-state index < -0.39 is 0 Å². The van der Waals surface area contributed by atoms with E-state index in [2.05, 4.69) is 36.0 Å². The number of fused-ring (bicyclic) bond motifs is 1. The lowest BCUT2D eigenvalue weighted by atomic mass is 10.0. The van der Waals surface area contributed by atoms with Gasteiger partial charge in [0.25, 0.3) is 0 Å². The van der Waals surface area contributed by atoms with Crippen LogP contribution in [0.2, 0.25) is 0 Å². The summed E-state index contributed by atoms with van der Waals surface area (Å²) >= 11 is 0. The first-order valence-corrected chi connectivity index (χ1v) is 6.88. The molecule has 4 heteroatoms. The van der Waals surface area contributed by atoms with Gasteiger partial charge in [0, 0.05) is 24.6 Å². The second-order valence-corrected chi connectivity index (χ2v) is 5.78. The van der Waals surface area contributed by atoms with Crippen LogP contribution in [-0.2, 0) is 4.79 Å². The van der Waals surface area contributed by atoms with Crippen molar-refractivity contribution >= 4 is 11.7 Å². The summed E-state index contributed by atoms with van der Waals surface area (Å²) in [6, 6.07) is 0.549. The molecule has 3 rings (SSSR count). The zero-order chi connectivity index (χ0) is 12.9. The Morgan fingerprint density at radius 1 is 1.39 bits per heavy atom. The van der Waals surface area contributed by atoms with Crippen molar-refractivity contribution in [1.29, 1.82) is 0 Å². The van der Waals surface area contributed by atoms with E-state index in [0.717, 1.165) is 31.6 Å². The van der Waals surface area contributed by atoms with Gasteiger partial charge in [-0.2, -0.15) is 0 Å². The monoisotopic (exact) mass is 247 g/mol. The molecule has 3 aliphatic rings. The Kier molecular flexibility index (Phi) is 2.68. The van der Waals surface area contributed by atoms with Gasteiger partial charge >= 0.3 is 0 Å². The molecule has 1 aliphatic carbocycles. The summed E-state index contributed by atoms with van der Waals surface area (Å²) in [5.74, 6) is 1.64. The molecule has 0 unspecified atom stereocenters. The maximum absolute atomic E-state index is 11.8. The Balaban J connectivity index is 1.72. The van der Waals surface area contributed by atoms with E-state index in [1.54, 1.807) is 0 Å². The average Bonchev–Trinajstić information content (AvgIpc) is 3.08. The van der Waals surface area contributed by atoms with Crippen LogP contribution < -0.4 is 5.32 Å². The van der Waals surface area contributed by atoms with Crippen LogP contribution in [0.15, 0.2) is 16.3 Å². The highest BCUT2D eigenvalue weighted by molar-refractivity contribution is 5.84. The summed E-state index contributed by atoms with van der Waals surface area (Å²) in [7, 11) is 0. The summed E-state index contributed by atoms with van der Waals surface area (Å²) in [6.45, 7) is 7.24. The predicted octanol–water partition coefficient (Wildman–Crippen LogP) is 1.68. The van der Waals surface area contributed by atoms with Crippen LogP contribution in [0.1, 0.15) is 40.0 Å². The molecule has 0 bridgehead atoms. The van der Waals surface area contributed by atoms with Gasteiger partial charge in [0.15, 0.2) is 0 Å². The van der Waals surface area contributed by atoms with Crippen molar-refractivity contribution in [1.82, 2.24) is 10.2 Å². The standard InChI is InChI=1S/C14H21N3O/c1-8-9(2)15-10(3)17-7-12(6-13(8)17)16-14(18)11-4-5-11/h9,11-12H,4-7H2,1-3H3,(H,16,18)/t9-,12-/m0/s1. The van der Waals surface area contributed by atoms with E-state index in [4.69, 9.17) is 0 Å². The normalized spacial score (nSPS) is 31.3. The largest absolute Gasteiger partial charge is 0.351 e. The molecule has 2 atom stereocenters. The summed E-state index contributed by atoms with van der Waals surface area (Å²) in [5.41, 5.74) is 2.72. The minimum atomic E-state index is 0.251. The summed E-state index contributed by atoms with van der Waals surface area (Å²) < 4.78 is 0. The Labute approximate surface area is 108 Å². The van der Waals surface area contributed by atoms with E-state index in [-0.39, 0.29) is 18.0 Å². The zero-order valence-corrected chi connectivity index (χ0v) is 11.4. The molecule has 0 spiro atoms. The molecule has 98 valence electrons. The number of amidine groups is 1.